The lowest BCUT2D eigenvalue weighted by atomic mass is 9.78. The molecular weight excluding hydrogens is 212 g/mol. The number of alkyl halides is 2. The molecule has 4 heteroatoms. The lowest BCUT2D eigenvalue weighted by Gasteiger charge is -2.43. The summed E-state index contributed by atoms with van der Waals surface area (Å²) >= 11 is 0. The average molecular weight is 233 g/mol. The molecule has 2 rings (SSSR count). The number of hydrogen-bond acceptors (Lipinski definition) is 2. The first kappa shape index (κ1) is 12.2. The predicted molar refractivity (Wildman–Crippen MR) is 58.8 cm³/mol. The van der Waals surface area contributed by atoms with Crippen molar-refractivity contribution in [2.75, 3.05) is 13.2 Å². The van der Waals surface area contributed by atoms with E-state index in [2.05, 4.69) is 5.32 Å². The Morgan fingerprint density at radius 1 is 1.25 bits per heavy atom. The van der Waals surface area contributed by atoms with Crippen LogP contribution in [0.2, 0.25) is 0 Å². The zero-order valence-corrected chi connectivity index (χ0v) is 9.68. The topological polar surface area (TPSA) is 21.3 Å². The molecule has 1 aliphatic carbocycles. The van der Waals surface area contributed by atoms with Crippen molar-refractivity contribution in [1.29, 1.82) is 0 Å². The van der Waals surface area contributed by atoms with Crippen molar-refractivity contribution in [2.45, 2.75) is 63.0 Å². The van der Waals surface area contributed by atoms with E-state index in [1.165, 1.54) is 19.3 Å². The molecule has 2 nitrogen and oxygen atoms in total. The third-order valence-corrected chi connectivity index (χ3v) is 3.82. The van der Waals surface area contributed by atoms with E-state index in [9.17, 15) is 8.78 Å². The summed E-state index contributed by atoms with van der Waals surface area (Å²) in [5.74, 6) is 0. The fraction of sp³-hybridized carbons (Fsp3) is 1.00. The Bertz CT molecular complexity index is 212. The van der Waals surface area contributed by atoms with E-state index in [0.29, 0.717) is 0 Å². The van der Waals surface area contributed by atoms with Crippen molar-refractivity contribution in [2.24, 2.45) is 0 Å². The maximum atomic E-state index is 12.1. The quantitative estimate of drug-likeness (QED) is 0.809. The van der Waals surface area contributed by atoms with Gasteiger partial charge in [0, 0.05) is 12.6 Å². The molecule has 1 aliphatic heterocycles. The van der Waals surface area contributed by atoms with Gasteiger partial charge >= 0.3 is 0 Å². The zero-order chi connectivity index (χ0) is 11.4. The average Bonchev–Trinajstić information content (AvgIpc) is 2.28. The van der Waals surface area contributed by atoms with Crippen LogP contribution in [0.4, 0.5) is 8.78 Å². The maximum absolute atomic E-state index is 12.1. The number of nitrogens with one attached hydrogen (secondary N) is 1. The van der Waals surface area contributed by atoms with Gasteiger partial charge < -0.3 is 10.1 Å². The van der Waals surface area contributed by atoms with Gasteiger partial charge in [-0.05, 0) is 25.7 Å². The van der Waals surface area contributed by atoms with Crippen LogP contribution in [0.25, 0.3) is 0 Å². The SMILES string of the molecule is FC(F)CNC1CCOC2(CCCCC2)C1. The number of halogens is 2. The molecule has 0 radical (unpaired) electrons. The molecule has 1 unspecified atom stereocenters. The molecule has 0 aromatic carbocycles. The van der Waals surface area contributed by atoms with Gasteiger partial charge in [0.1, 0.15) is 0 Å². The van der Waals surface area contributed by atoms with Gasteiger partial charge in [-0.2, -0.15) is 0 Å². The first-order valence-corrected chi connectivity index (χ1v) is 6.36. The summed E-state index contributed by atoms with van der Waals surface area (Å²) in [6.45, 7) is 0.543. The molecule has 1 N–H and O–H groups in total. The van der Waals surface area contributed by atoms with Gasteiger partial charge in [0.15, 0.2) is 0 Å². The van der Waals surface area contributed by atoms with Crippen LogP contribution < -0.4 is 5.32 Å². The first-order chi connectivity index (χ1) is 7.70. The number of hydrogen-bond donors (Lipinski definition) is 1. The zero-order valence-electron chi connectivity index (χ0n) is 9.68. The molecule has 1 spiro atoms. The fourth-order valence-electron chi connectivity index (χ4n) is 3.00. The van der Waals surface area contributed by atoms with E-state index in [1.54, 1.807) is 0 Å². The Morgan fingerprint density at radius 3 is 2.69 bits per heavy atom. The van der Waals surface area contributed by atoms with Crippen molar-refractivity contribution in [1.82, 2.24) is 5.32 Å². The number of ether oxygens (including phenoxy) is 1. The largest absolute Gasteiger partial charge is 0.375 e. The first-order valence-electron chi connectivity index (χ1n) is 6.36. The molecule has 0 amide bonds. The highest BCUT2D eigenvalue weighted by atomic mass is 19.3. The molecule has 94 valence electrons. The minimum absolute atomic E-state index is 0.0102. The summed E-state index contributed by atoms with van der Waals surface area (Å²) in [5.41, 5.74) is 0.0102. The van der Waals surface area contributed by atoms with Gasteiger partial charge in [0.25, 0.3) is 6.43 Å². The highest BCUT2D eigenvalue weighted by molar-refractivity contribution is 4.92. The second kappa shape index (κ2) is 5.41. The Hall–Kier alpha value is -0.220. The van der Waals surface area contributed by atoms with Crippen molar-refractivity contribution >= 4 is 0 Å². The minimum Gasteiger partial charge on any atom is -0.375 e. The van der Waals surface area contributed by atoms with Gasteiger partial charge in [0.2, 0.25) is 0 Å². The molecule has 1 saturated carbocycles. The maximum Gasteiger partial charge on any atom is 0.250 e. The van der Waals surface area contributed by atoms with Gasteiger partial charge in [-0.1, -0.05) is 19.3 Å². The van der Waals surface area contributed by atoms with Crippen molar-refractivity contribution < 1.29 is 13.5 Å². The van der Waals surface area contributed by atoms with Crippen molar-refractivity contribution in [3.8, 4) is 0 Å². The second-order valence-corrected chi connectivity index (χ2v) is 5.08. The van der Waals surface area contributed by atoms with E-state index >= 15 is 0 Å². The van der Waals surface area contributed by atoms with Crippen LogP contribution in [0.1, 0.15) is 44.9 Å². The van der Waals surface area contributed by atoms with E-state index in [4.69, 9.17) is 4.74 Å². The van der Waals surface area contributed by atoms with E-state index in [-0.39, 0.29) is 18.2 Å². The molecule has 1 saturated heterocycles. The monoisotopic (exact) mass is 233 g/mol. The van der Waals surface area contributed by atoms with Crippen LogP contribution in [0.3, 0.4) is 0 Å². The van der Waals surface area contributed by atoms with Gasteiger partial charge in [0.05, 0.1) is 12.1 Å². The molecule has 2 aliphatic rings. The number of rotatable bonds is 3. The normalized spacial score (nSPS) is 29.8. The summed E-state index contributed by atoms with van der Waals surface area (Å²) in [6.07, 6.45) is 5.50. The van der Waals surface area contributed by atoms with Gasteiger partial charge in [-0.15, -0.1) is 0 Å². The molecule has 1 heterocycles. The van der Waals surface area contributed by atoms with E-state index in [0.717, 1.165) is 32.3 Å². The van der Waals surface area contributed by atoms with Crippen LogP contribution in [0.15, 0.2) is 0 Å². The van der Waals surface area contributed by atoms with Crippen LogP contribution in [-0.4, -0.2) is 31.2 Å². The fourth-order valence-corrected chi connectivity index (χ4v) is 3.00. The standard InChI is InChI=1S/C12H21F2NO/c13-11(14)9-15-10-4-7-16-12(8-10)5-2-1-3-6-12/h10-11,15H,1-9H2. The van der Waals surface area contributed by atoms with Crippen molar-refractivity contribution in [3.05, 3.63) is 0 Å². The molecule has 1 atom stereocenters. The van der Waals surface area contributed by atoms with Crippen LogP contribution in [0.5, 0.6) is 0 Å². The second-order valence-electron chi connectivity index (χ2n) is 5.08. The molecule has 0 bridgehead atoms. The van der Waals surface area contributed by atoms with E-state index < -0.39 is 6.43 Å². The Kier molecular flexibility index (Phi) is 4.14. The molecule has 0 aromatic heterocycles. The Labute approximate surface area is 95.7 Å². The smallest absolute Gasteiger partial charge is 0.250 e. The Balaban J connectivity index is 1.83. The summed E-state index contributed by atoms with van der Waals surface area (Å²) in [5, 5.41) is 2.96. The van der Waals surface area contributed by atoms with Crippen LogP contribution in [0, 0.1) is 0 Å². The van der Waals surface area contributed by atoms with Crippen molar-refractivity contribution in [3.63, 3.8) is 0 Å². The summed E-state index contributed by atoms with van der Waals surface area (Å²) < 4.78 is 30.2. The van der Waals surface area contributed by atoms with Crippen LogP contribution >= 0.6 is 0 Å². The summed E-state index contributed by atoms with van der Waals surface area (Å²) in [6, 6.07) is 0.223. The summed E-state index contributed by atoms with van der Waals surface area (Å²) in [4.78, 5) is 0. The highest BCUT2D eigenvalue weighted by Gasteiger charge is 2.38. The minimum atomic E-state index is -2.25. The molecular formula is C12H21F2NO. The third-order valence-electron chi connectivity index (χ3n) is 3.82. The van der Waals surface area contributed by atoms with E-state index in [1.807, 2.05) is 0 Å². The highest BCUT2D eigenvalue weighted by Crippen LogP contribution is 2.38. The lowest BCUT2D eigenvalue weighted by Crippen LogP contribution is -2.48. The third kappa shape index (κ3) is 3.14. The molecule has 0 aromatic rings. The molecule has 16 heavy (non-hydrogen) atoms. The van der Waals surface area contributed by atoms with Gasteiger partial charge in [-0.25, -0.2) is 8.78 Å². The molecule has 2 fully saturated rings. The summed E-state index contributed by atoms with van der Waals surface area (Å²) in [7, 11) is 0. The Morgan fingerprint density at radius 2 is 2.00 bits per heavy atom. The lowest BCUT2D eigenvalue weighted by molar-refractivity contribution is -0.109. The predicted octanol–water partition coefficient (Wildman–Crippen LogP) is 2.72. The van der Waals surface area contributed by atoms with Crippen LogP contribution in [-0.2, 0) is 4.74 Å². The van der Waals surface area contributed by atoms with Gasteiger partial charge in [-0.3, -0.25) is 0 Å².